The van der Waals surface area contributed by atoms with Gasteiger partial charge in [0.15, 0.2) is 0 Å². The number of rotatable bonds is 5. The zero-order valence-corrected chi connectivity index (χ0v) is 19.4. The Morgan fingerprint density at radius 1 is 1.35 bits per heavy atom. The van der Waals surface area contributed by atoms with Gasteiger partial charge in [-0.1, -0.05) is 17.7 Å². The summed E-state index contributed by atoms with van der Waals surface area (Å²) in [6.45, 7) is 3.24. The van der Waals surface area contributed by atoms with E-state index in [0.29, 0.717) is 42.4 Å². The monoisotopic (exact) mass is 485 g/mol. The number of aromatic amines is 1. The van der Waals surface area contributed by atoms with E-state index in [-0.39, 0.29) is 36.0 Å². The number of aliphatic hydroxyl groups is 1. The number of nitrogens with one attached hydrogen (secondary N) is 3. The smallest absolute Gasteiger partial charge is 0.258 e. The lowest BCUT2D eigenvalue weighted by molar-refractivity contribution is -0.131. The number of H-pyrrole nitrogens is 1. The Morgan fingerprint density at radius 3 is 2.88 bits per heavy atom. The highest BCUT2D eigenvalue weighted by atomic mass is 35.5. The van der Waals surface area contributed by atoms with Gasteiger partial charge in [0.1, 0.15) is 11.6 Å². The molecule has 4 N–H and O–H groups in total. The molecule has 2 aliphatic rings. The highest BCUT2D eigenvalue weighted by molar-refractivity contribution is 6.30. The van der Waals surface area contributed by atoms with Crippen LogP contribution < -0.4 is 16.2 Å². The molecule has 8 nitrogen and oxygen atoms in total. The number of halogens is 2. The summed E-state index contributed by atoms with van der Waals surface area (Å²) in [6.07, 6.45) is 0.886. The van der Waals surface area contributed by atoms with Crippen LogP contribution in [0, 0.1) is 5.82 Å². The molecule has 0 aliphatic carbocycles. The van der Waals surface area contributed by atoms with E-state index in [0.717, 1.165) is 17.2 Å². The van der Waals surface area contributed by atoms with Gasteiger partial charge in [0.05, 0.1) is 34.8 Å². The molecule has 0 saturated carbocycles. The zero-order valence-electron chi connectivity index (χ0n) is 18.6. The minimum atomic E-state index is -0.952. The van der Waals surface area contributed by atoms with Crippen molar-refractivity contribution < 1.29 is 14.3 Å². The van der Waals surface area contributed by atoms with E-state index in [1.165, 1.54) is 6.07 Å². The fourth-order valence-corrected chi connectivity index (χ4v) is 4.89. The lowest BCUT2D eigenvalue weighted by Crippen LogP contribution is -2.60. The highest BCUT2D eigenvalue weighted by Crippen LogP contribution is 2.31. The van der Waals surface area contributed by atoms with Crippen molar-refractivity contribution in [3.05, 3.63) is 68.5 Å². The molecule has 1 aromatic heterocycles. The first-order valence-electron chi connectivity index (χ1n) is 11.2. The Kier molecular flexibility index (Phi) is 5.79. The van der Waals surface area contributed by atoms with Gasteiger partial charge in [0, 0.05) is 31.1 Å². The van der Waals surface area contributed by atoms with Gasteiger partial charge in [0.2, 0.25) is 5.91 Å². The van der Waals surface area contributed by atoms with Crippen LogP contribution in [-0.4, -0.2) is 57.7 Å². The number of fused-ring (bicyclic) bond motifs is 2. The second-order valence-electron chi connectivity index (χ2n) is 9.08. The van der Waals surface area contributed by atoms with Crippen LogP contribution in [0.1, 0.15) is 29.9 Å². The van der Waals surface area contributed by atoms with Gasteiger partial charge in [0.25, 0.3) is 5.56 Å². The van der Waals surface area contributed by atoms with Crippen molar-refractivity contribution in [2.75, 3.05) is 31.5 Å². The van der Waals surface area contributed by atoms with Crippen LogP contribution in [0.5, 0.6) is 0 Å². The third-order valence-corrected chi connectivity index (χ3v) is 6.88. The first kappa shape index (κ1) is 22.8. The standard InChI is InChI=1S/C24H25ClFN5O3/c1-13-16-3-2-15(25)6-14(16)4-5-31(13)22(32)10-28-20-8-19-17(7-18(20)26)23(33)30-21(29-19)9-24(34)11-27-12-24/h2-3,6-8,13,27-28,34H,4-5,9-12H2,1H3,(H,29,30,33)/t13-/m0/s1. The summed E-state index contributed by atoms with van der Waals surface area (Å²) in [5.74, 6) is -0.475. The molecule has 0 bridgehead atoms. The molecule has 3 heterocycles. The van der Waals surface area contributed by atoms with E-state index in [4.69, 9.17) is 11.6 Å². The Morgan fingerprint density at radius 2 is 2.15 bits per heavy atom. The van der Waals surface area contributed by atoms with Crippen molar-refractivity contribution in [2.45, 2.75) is 31.4 Å². The molecule has 1 saturated heterocycles. The first-order chi connectivity index (χ1) is 16.2. The summed E-state index contributed by atoms with van der Waals surface area (Å²) in [7, 11) is 0. The summed E-state index contributed by atoms with van der Waals surface area (Å²) in [4.78, 5) is 34.2. The average molecular weight is 486 g/mol. The van der Waals surface area contributed by atoms with Crippen LogP contribution in [0.2, 0.25) is 5.02 Å². The number of aromatic nitrogens is 2. The van der Waals surface area contributed by atoms with Gasteiger partial charge in [-0.15, -0.1) is 0 Å². The molecule has 1 fully saturated rings. The molecular formula is C24H25ClFN5O3. The van der Waals surface area contributed by atoms with E-state index in [2.05, 4.69) is 20.6 Å². The summed E-state index contributed by atoms with van der Waals surface area (Å²) in [6, 6.07) is 8.11. The minimum Gasteiger partial charge on any atom is -0.387 e. The second kappa shape index (κ2) is 8.65. The first-order valence-corrected chi connectivity index (χ1v) is 11.6. The molecule has 10 heteroatoms. The number of hydrogen-bond donors (Lipinski definition) is 4. The Bertz CT molecular complexity index is 1340. The minimum absolute atomic E-state index is 0.0887. The maximum Gasteiger partial charge on any atom is 0.258 e. The van der Waals surface area contributed by atoms with E-state index >= 15 is 0 Å². The van der Waals surface area contributed by atoms with E-state index in [1.807, 2.05) is 25.1 Å². The molecule has 3 aromatic rings. The van der Waals surface area contributed by atoms with Crippen LogP contribution >= 0.6 is 11.6 Å². The van der Waals surface area contributed by atoms with Crippen LogP contribution in [-0.2, 0) is 17.6 Å². The Labute approximate surface area is 200 Å². The molecule has 0 radical (unpaired) electrons. The number of carbonyl (C=O) groups is 1. The molecule has 34 heavy (non-hydrogen) atoms. The summed E-state index contributed by atoms with van der Waals surface area (Å²) < 4.78 is 14.7. The number of hydrogen-bond acceptors (Lipinski definition) is 6. The van der Waals surface area contributed by atoms with Gasteiger partial charge in [-0.25, -0.2) is 9.37 Å². The Balaban J connectivity index is 1.33. The van der Waals surface area contributed by atoms with Crippen molar-refractivity contribution in [2.24, 2.45) is 0 Å². The fraction of sp³-hybridized carbons (Fsp3) is 0.375. The number of nitrogens with zero attached hydrogens (tertiary/aromatic N) is 2. The molecule has 1 atom stereocenters. The summed E-state index contributed by atoms with van der Waals surface area (Å²) in [5.41, 5.74) is 1.14. The second-order valence-corrected chi connectivity index (χ2v) is 9.51. The topological polar surface area (TPSA) is 110 Å². The third-order valence-electron chi connectivity index (χ3n) is 6.64. The molecule has 5 rings (SSSR count). The van der Waals surface area contributed by atoms with Crippen LogP contribution in [0.4, 0.5) is 10.1 Å². The molecule has 2 aromatic carbocycles. The summed E-state index contributed by atoms with van der Waals surface area (Å²) in [5, 5.41) is 17.0. The van der Waals surface area contributed by atoms with Crippen molar-refractivity contribution in [3.63, 3.8) is 0 Å². The maximum atomic E-state index is 14.7. The lowest BCUT2D eigenvalue weighted by atomic mass is 9.93. The average Bonchev–Trinajstić information content (AvgIpc) is 2.77. The van der Waals surface area contributed by atoms with Gasteiger partial charge >= 0.3 is 0 Å². The van der Waals surface area contributed by atoms with Crippen molar-refractivity contribution in [1.29, 1.82) is 0 Å². The SMILES string of the molecule is C[C@H]1c2ccc(Cl)cc2CCN1C(=O)CNc1cc2nc(CC3(O)CNC3)[nH]c(=O)c2cc1F. The van der Waals surface area contributed by atoms with Crippen LogP contribution in [0.15, 0.2) is 35.1 Å². The van der Waals surface area contributed by atoms with Crippen LogP contribution in [0.25, 0.3) is 10.9 Å². The lowest BCUT2D eigenvalue weighted by Gasteiger charge is -2.37. The maximum absolute atomic E-state index is 14.7. The molecule has 0 unspecified atom stereocenters. The largest absolute Gasteiger partial charge is 0.387 e. The van der Waals surface area contributed by atoms with Crippen molar-refractivity contribution in [3.8, 4) is 0 Å². The Hall–Kier alpha value is -3.01. The molecule has 2 aliphatic heterocycles. The number of anilines is 1. The number of carbonyl (C=O) groups excluding carboxylic acids is 1. The molecule has 1 amide bonds. The molecule has 178 valence electrons. The molecular weight excluding hydrogens is 461 g/mol. The fourth-order valence-electron chi connectivity index (χ4n) is 4.69. The summed E-state index contributed by atoms with van der Waals surface area (Å²) >= 11 is 6.09. The van der Waals surface area contributed by atoms with Gasteiger partial charge in [-0.3, -0.25) is 9.59 Å². The number of amides is 1. The van der Waals surface area contributed by atoms with Gasteiger partial charge in [-0.05, 0) is 48.7 Å². The third kappa shape index (κ3) is 4.26. The predicted molar refractivity (Wildman–Crippen MR) is 128 cm³/mol. The van der Waals surface area contributed by atoms with Gasteiger partial charge < -0.3 is 25.6 Å². The van der Waals surface area contributed by atoms with Crippen molar-refractivity contribution >= 4 is 34.1 Å². The predicted octanol–water partition coefficient (Wildman–Crippen LogP) is 2.15. The van der Waals surface area contributed by atoms with Crippen molar-refractivity contribution in [1.82, 2.24) is 20.2 Å². The molecule has 0 spiro atoms. The van der Waals surface area contributed by atoms with E-state index in [1.54, 1.807) is 4.90 Å². The zero-order chi connectivity index (χ0) is 24.0. The van der Waals surface area contributed by atoms with Crippen LogP contribution in [0.3, 0.4) is 0 Å². The normalized spacial score (nSPS) is 18.9. The van der Waals surface area contributed by atoms with Gasteiger partial charge in [-0.2, -0.15) is 0 Å². The van der Waals surface area contributed by atoms with E-state index < -0.39 is 17.0 Å². The number of benzene rings is 2. The quantitative estimate of drug-likeness (QED) is 0.441. The highest BCUT2D eigenvalue weighted by Gasteiger charge is 2.35. The van der Waals surface area contributed by atoms with E-state index in [9.17, 15) is 19.1 Å². The number of β-amino-alcohol motifs (C(OH)–C–C–N with tert-alkyl or cyclic N) is 1.